The van der Waals surface area contributed by atoms with Gasteiger partial charge in [0.25, 0.3) is 0 Å². The highest BCUT2D eigenvalue weighted by molar-refractivity contribution is 9.10. The van der Waals surface area contributed by atoms with Gasteiger partial charge in [0.05, 0.1) is 16.7 Å². The van der Waals surface area contributed by atoms with Crippen molar-refractivity contribution < 1.29 is 4.42 Å². The number of halogens is 1. The van der Waals surface area contributed by atoms with Gasteiger partial charge >= 0.3 is 0 Å². The van der Waals surface area contributed by atoms with Crippen LogP contribution in [0, 0.1) is 6.92 Å². The molecule has 78 valence electrons. The molecule has 0 atom stereocenters. The molecule has 0 saturated heterocycles. The Labute approximate surface area is 95.9 Å². The number of aryl methyl sites for hydroxylation is 1. The topological polar surface area (TPSA) is 51.0 Å². The van der Waals surface area contributed by atoms with Gasteiger partial charge in [-0.3, -0.25) is 0 Å². The van der Waals surface area contributed by atoms with Crippen molar-refractivity contribution >= 4 is 21.7 Å². The van der Waals surface area contributed by atoms with E-state index in [9.17, 15) is 0 Å². The van der Waals surface area contributed by atoms with Gasteiger partial charge in [-0.2, -0.15) is 0 Å². The van der Waals surface area contributed by atoms with Crippen molar-refractivity contribution in [2.75, 3.05) is 5.32 Å². The molecule has 2 aromatic heterocycles. The molecular weight excluding hydrogens is 258 g/mol. The summed E-state index contributed by atoms with van der Waals surface area (Å²) < 4.78 is 5.85. The van der Waals surface area contributed by atoms with Gasteiger partial charge in [-0.05, 0) is 34.5 Å². The normalized spacial score (nSPS) is 10.3. The molecule has 0 aliphatic rings. The Morgan fingerprint density at radius 1 is 1.47 bits per heavy atom. The van der Waals surface area contributed by atoms with Crippen molar-refractivity contribution in [3.8, 4) is 0 Å². The number of nitrogens with zero attached hydrogens (tertiary/aromatic N) is 2. The number of pyridine rings is 1. The summed E-state index contributed by atoms with van der Waals surface area (Å²) in [6, 6.07) is 1.95. The average Bonchev–Trinajstić information content (AvgIpc) is 2.73. The summed E-state index contributed by atoms with van der Waals surface area (Å²) >= 11 is 3.48. The molecule has 4 nitrogen and oxygen atoms in total. The Kier molecular flexibility index (Phi) is 3.01. The lowest BCUT2D eigenvalue weighted by Crippen LogP contribution is -2.02. The van der Waals surface area contributed by atoms with E-state index in [1.54, 1.807) is 12.5 Å². The van der Waals surface area contributed by atoms with Crippen molar-refractivity contribution in [3.63, 3.8) is 0 Å². The largest absolute Gasteiger partial charge is 0.451 e. The highest BCUT2D eigenvalue weighted by Gasteiger charge is 2.03. The van der Waals surface area contributed by atoms with Crippen LogP contribution >= 0.6 is 15.9 Å². The van der Waals surface area contributed by atoms with E-state index < -0.39 is 0 Å². The Hall–Kier alpha value is -1.36. The number of aromatic nitrogens is 2. The lowest BCUT2D eigenvalue weighted by molar-refractivity contribution is 0.556. The summed E-state index contributed by atoms with van der Waals surface area (Å²) in [6.07, 6.45) is 4.79. The molecule has 0 amide bonds. The van der Waals surface area contributed by atoms with Gasteiger partial charge in [0, 0.05) is 6.20 Å². The summed E-state index contributed by atoms with van der Waals surface area (Å²) in [7, 11) is 0. The fourth-order valence-electron chi connectivity index (χ4n) is 1.16. The number of anilines is 1. The quantitative estimate of drug-likeness (QED) is 0.929. The van der Waals surface area contributed by atoms with Crippen LogP contribution in [0.3, 0.4) is 0 Å². The summed E-state index contributed by atoms with van der Waals surface area (Å²) in [5, 5.41) is 3.18. The van der Waals surface area contributed by atoms with E-state index in [-0.39, 0.29) is 0 Å². The van der Waals surface area contributed by atoms with Gasteiger partial charge in [0.2, 0.25) is 0 Å². The van der Waals surface area contributed by atoms with Crippen LogP contribution in [-0.2, 0) is 6.54 Å². The van der Waals surface area contributed by atoms with Crippen molar-refractivity contribution in [2.24, 2.45) is 0 Å². The van der Waals surface area contributed by atoms with E-state index in [0.717, 1.165) is 21.5 Å². The molecule has 1 N–H and O–H groups in total. The molecule has 2 aromatic rings. The SMILES string of the molecule is Cc1ccnc(NCc2cocn2)c1Br. The number of nitrogens with one attached hydrogen (secondary N) is 1. The predicted octanol–water partition coefficient (Wildman–Crippen LogP) is 2.75. The maximum Gasteiger partial charge on any atom is 0.180 e. The van der Waals surface area contributed by atoms with Gasteiger partial charge in [-0.25, -0.2) is 9.97 Å². The van der Waals surface area contributed by atoms with E-state index in [1.807, 2.05) is 13.0 Å². The smallest absolute Gasteiger partial charge is 0.180 e. The third kappa shape index (κ3) is 2.36. The zero-order valence-electron chi connectivity index (χ0n) is 8.20. The first kappa shape index (κ1) is 10.2. The first-order valence-electron chi connectivity index (χ1n) is 4.49. The Morgan fingerprint density at radius 2 is 2.33 bits per heavy atom. The van der Waals surface area contributed by atoms with Crippen LogP contribution in [-0.4, -0.2) is 9.97 Å². The van der Waals surface area contributed by atoms with Gasteiger partial charge < -0.3 is 9.73 Å². The molecule has 2 rings (SSSR count). The Morgan fingerprint density at radius 3 is 3.07 bits per heavy atom. The monoisotopic (exact) mass is 267 g/mol. The van der Waals surface area contributed by atoms with Crippen molar-refractivity contribution in [2.45, 2.75) is 13.5 Å². The number of hydrogen-bond acceptors (Lipinski definition) is 4. The van der Waals surface area contributed by atoms with Crippen LogP contribution in [0.1, 0.15) is 11.3 Å². The standard InChI is InChI=1S/C10H10BrN3O/c1-7-2-3-12-10(9(7)11)13-4-8-5-15-6-14-8/h2-3,5-6H,4H2,1H3,(H,12,13). The third-order valence-corrected chi connectivity index (χ3v) is 3.00. The minimum atomic E-state index is 0.603. The minimum absolute atomic E-state index is 0.603. The maximum absolute atomic E-state index is 4.87. The maximum atomic E-state index is 4.87. The molecule has 15 heavy (non-hydrogen) atoms. The van der Waals surface area contributed by atoms with Crippen LogP contribution in [0.5, 0.6) is 0 Å². The molecule has 0 unspecified atom stereocenters. The van der Waals surface area contributed by atoms with E-state index in [0.29, 0.717) is 6.54 Å². The van der Waals surface area contributed by atoms with Crippen LogP contribution in [0.15, 0.2) is 33.8 Å². The molecule has 0 bridgehead atoms. The molecule has 0 fully saturated rings. The lowest BCUT2D eigenvalue weighted by Gasteiger charge is -2.06. The second kappa shape index (κ2) is 4.44. The van der Waals surface area contributed by atoms with Crippen LogP contribution in [0.4, 0.5) is 5.82 Å². The van der Waals surface area contributed by atoms with Gasteiger partial charge in [-0.15, -0.1) is 0 Å². The van der Waals surface area contributed by atoms with E-state index >= 15 is 0 Å². The molecular formula is C10H10BrN3O. The zero-order chi connectivity index (χ0) is 10.7. The zero-order valence-corrected chi connectivity index (χ0v) is 9.78. The number of oxazole rings is 1. The molecule has 0 aliphatic carbocycles. The summed E-state index contributed by atoms with van der Waals surface area (Å²) in [4.78, 5) is 8.23. The second-order valence-corrected chi connectivity index (χ2v) is 3.92. The van der Waals surface area contributed by atoms with Gasteiger partial charge in [0.1, 0.15) is 12.1 Å². The van der Waals surface area contributed by atoms with Crippen LogP contribution < -0.4 is 5.32 Å². The summed E-state index contributed by atoms with van der Waals surface area (Å²) in [6.45, 7) is 2.62. The van der Waals surface area contributed by atoms with Gasteiger partial charge in [-0.1, -0.05) is 0 Å². The summed E-state index contributed by atoms with van der Waals surface area (Å²) in [5.74, 6) is 0.818. The fourth-order valence-corrected chi connectivity index (χ4v) is 1.54. The number of rotatable bonds is 3. The third-order valence-electron chi connectivity index (χ3n) is 2.00. The van der Waals surface area contributed by atoms with Crippen LogP contribution in [0.25, 0.3) is 0 Å². The molecule has 0 aliphatic heterocycles. The molecule has 5 heteroatoms. The molecule has 0 saturated carbocycles. The average molecular weight is 268 g/mol. The molecule has 2 heterocycles. The van der Waals surface area contributed by atoms with E-state index in [4.69, 9.17) is 4.42 Å². The summed E-state index contributed by atoms with van der Waals surface area (Å²) in [5.41, 5.74) is 2.00. The first-order chi connectivity index (χ1) is 7.27. The first-order valence-corrected chi connectivity index (χ1v) is 5.28. The van der Waals surface area contributed by atoms with Crippen molar-refractivity contribution in [1.29, 1.82) is 0 Å². The Balaban J connectivity index is 2.08. The molecule has 0 aromatic carbocycles. The number of hydrogen-bond donors (Lipinski definition) is 1. The fraction of sp³-hybridized carbons (Fsp3) is 0.200. The van der Waals surface area contributed by atoms with Crippen molar-refractivity contribution in [3.05, 3.63) is 40.7 Å². The van der Waals surface area contributed by atoms with E-state index in [1.165, 1.54) is 6.39 Å². The van der Waals surface area contributed by atoms with Crippen molar-refractivity contribution in [1.82, 2.24) is 9.97 Å². The van der Waals surface area contributed by atoms with Crippen LogP contribution in [0.2, 0.25) is 0 Å². The molecule has 0 radical (unpaired) electrons. The van der Waals surface area contributed by atoms with E-state index in [2.05, 4.69) is 31.2 Å². The van der Waals surface area contributed by atoms with Gasteiger partial charge in [0.15, 0.2) is 6.39 Å². The lowest BCUT2D eigenvalue weighted by atomic mass is 10.3. The minimum Gasteiger partial charge on any atom is -0.451 e. The highest BCUT2D eigenvalue weighted by atomic mass is 79.9. The highest BCUT2D eigenvalue weighted by Crippen LogP contribution is 2.23. The molecule has 0 spiro atoms. The Bertz CT molecular complexity index is 442. The predicted molar refractivity (Wildman–Crippen MR) is 60.5 cm³/mol. The second-order valence-electron chi connectivity index (χ2n) is 3.12.